The number of benzene rings is 2. The predicted molar refractivity (Wildman–Crippen MR) is 109 cm³/mol. The Hall–Kier alpha value is -3.07. The van der Waals surface area contributed by atoms with Crippen LogP contribution in [-0.2, 0) is 19.6 Å². The molecule has 2 heterocycles. The summed E-state index contributed by atoms with van der Waals surface area (Å²) in [5.74, 6) is -0.415. The van der Waals surface area contributed by atoms with Crippen molar-refractivity contribution in [2.75, 3.05) is 21.5 Å². The molecular weight excluding hydrogens is 394 g/mol. The second-order valence-electron chi connectivity index (χ2n) is 7.14. The van der Waals surface area contributed by atoms with Crippen molar-refractivity contribution in [3.05, 3.63) is 42.0 Å². The van der Waals surface area contributed by atoms with Gasteiger partial charge in [0.2, 0.25) is 11.8 Å². The Morgan fingerprint density at radius 2 is 1.79 bits per heavy atom. The summed E-state index contributed by atoms with van der Waals surface area (Å²) in [4.78, 5) is 23.6. The Bertz CT molecular complexity index is 1110. The van der Waals surface area contributed by atoms with Crippen LogP contribution in [0.4, 0.5) is 17.1 Å². The summed E-state index contributed by atoms with van der Waals surface area (Å²) in [7, 11) is -3.92. The molecule has 0 radical (unpaired) electrons. The van der Waals surface area contributed by atoms with Gasteiger partial charge in [0.1, 0.15) is 18.3 Å². The van der Waals surface area contributed by atoms with E-state index in [1.807, 2.05) is 19.9 Å². The van der Waals surface area contributed by atoms with Crippen LogP contribution in [0, 0.1) is 6.92 Å². The lowest BCUT2D eigenvalue weighted by Crippen LogP contribution is -2.43. The van der Waals surface area contributed by atoms with E-state index in [1.54, 1.807) is 12.1 Å². The third-order valence-electron chi connectivity index (χ3n) is 4.95. The van der Waals surface area contributed by atoms with Gasteiger partial charge in [0.05, 0.1) is 28.5 Å². The zero-order chi connectivity index (χ0) is 20.8. The van der Waals surface area contributed by atoms with Crippen molar-refractivity contribution in [3.63, 3.8) is 0 Å². The molecule has 0 saturated heterocycles. The highest BCUT2D eigenvalue weighted by Gasteiger charge is 2.34. The van der Waals surface area contributed by atoms with Crippen molar-refractivity contribution < 1.29 is 22.7 Å². The maximum Gasteiger partial charge on any atom is 0.264 e. The fourth-order valence-electron chi connectivity index (χ4n) is 3.42. The monoisotopic (exact) mass is 415 g/mol. The quantitative estimate of drug-likeness (QED) is 0.750. The molecule has 2 aromatic carbocycles. The van der Waals surface area contributed by atoms with Crippen LogP contribution in [-0.4, -0.2) is 32.9 Å². The van der Waals surface area contributed by atoms with Crippen LogP contribution in [0.3, 0.4) is 0 Å². The van der Waals surface area contributed by atoms with Crippen molar-refractivity contribution in [1.82, 2.24) is 0 Å². The third kappa shape index (κ3) is 3.53. The topological polar surface area (TPSA) is 105 Å². The minimum atomic E-state index is -3.92. The average Bonchev–Trinajstić information content (AvgIpc) is 2.82. The molecule has 9 heteroatoms. The number of aryl methyl sites for hydroxylation is 1. The minimum Gasteiger partial charge on any atom is -0.486 e. The molecule has 0 saturated carbocycles. The summed E-state index contributed by atoms with van der Waals surface area (Å²) in [6, 6.07) is 9.73. The van der Waals surface area contributed by atoms with Gasteiger partial charge in [0, 0.05) is 0 Å². The molecule has 2 aliphatic heterocycles. The van der Waals surface area contributed by atoms with E-state index in [2.05, 4.69) is 10.6 Å². The van der Waals surface area contributed by atoms with Crippen molar-refractivity contribution >= 4 is 38.9 Å². The van der Waals surface area contributed by atoms with Gasteiger partial charge in [-0.1, -0.05) is 13.0 Å². The molecule has 1 unspecified atom stereocenters. The molecule has 0 fully saturated rings. The number of anilines is 3. The first-order valence-electron chi connectivity index (χ1n) is 9.31. The number of hydrogen-bond donors (Lipinski definition) is 2. The Kier molecular flexibility index (Phi) is 4.70. The molecule has 0 aliphatic carbocycles. The second-order valence-corrected chi connectivity index (χ2v) is 9.00. The standard InChI is InChI=1S/C20H21N3O5S/c1-3-13-11-23(17-8-12(2)4-7-18(17)28-13)29(26,27)14-5-6-15-16(9-14)22-20(25)10-19(24)21-15/h4-9,13H,3,10-11H2,1-2H3,(H,21,24)(H,22,25). The van der Waals surface area contributed by atoms with Gasteiger partial charge in [-0.3, -0.25) is 13.9 Å². The summed E-state index contributed by atoms with van der Waals surface area (Å²) >= 11 is 0. The normalized spacial score (nSPS) is 18.7. The molecule has 2 aliphatic rings. The molecule has 29 heavy (non-hydrogen) atoms. The van der Waals surface area contributed by atoms with Crippen LogP contribution in [0.25, 0.3) is 0 Å². The van der Waals surface area contributed by atoms with Gasteiger partial charge in [-0.05, 0) is 49.2 Å². The first kappa shape index (κ1) is 19.3. The molecule has 4 rings (SSSR count). The van der Waals surface area contributed by atoms with Crippen LogP contribution in [0.5, 0.6) is 5.75 Å². The second kappa shape index (κ2) is 7.07. The van der Waals surface area contributed by atoms with Crippen LogP contribution in [0.2, 0.25) is 0 Å². The SMILES string of the molecule is CCC1CN(S(=O)(=O)c2ccc3c(c2)NC(=O)CC(=O)N3)c2cc(C)ccc2O1. The number of sulfonamides is 1. The fourth-order valence-corrected chi connectivity index (χ4v) is 4.95. The molecule has 2 amide bonds. The number of ether oxygens (including phenoxy) is 1. The highest BCUT2D eigenvalue weighted by atomic mass is 32.2. The summed E-state index contributed by atoms with van der Waals surface area (Å²) < 4.78 is 34.3. The maximum absolute atomic E-state index is 13.5. The van der Waals surface area contributed by atoms with Crippen LogP contribution >= 0.6 is 0 Å². The Morgan fingerprint density at radius 1 is 1.07 bits per heavy atom. The molecule has 8 nitrogen and oxygen atoms in total. The number of nitrogens with zero attached hydrogens (tertiary/aromatic N) is 1. The van der Waals surface area contributed by atoms with E-state index < -0.39 is 21.8 Å². The van der Waals surface area contributed by atoms with Gasteiger partial charge < -0.3 is 15.4 Å². The number of fused-ring (bicyclic) bond motifs is 2. The first-order valence-corrected chi connectivity index (χ1v) is 10.8. The molecule has 2 N–H and O–H groups in total. The average molecular weight is 415 g/mol. The highest BCUT2D eigenvalue weighted by Crippen LogP contribution is 2.39. The summed E-state index contributed by atoms with van der Waals surface area (Å²) in [6.45, 7) is 4.02. The molecule has 1 atom stereocenters. The number of carbonyl (C=O) groups is 2. The number of nitrogens with one attached hydrogen (secondary N) is 2. The lowest BCUT2D eigenvalue weighted by atomic mass is 10.1. The van der Waals surface area contributed by atoms with Crippen molar-refractivity contribution in [1.29, 1.82) is 0 Å². The van der Waals surface area contributed by atoms with E-state index in [0.717, 1.165) is 5.56 Å². The maximum atomic E-state index is 13.5. The summed E-state index contributed by atoms with van der Waals surface area (Å²) in [5.41, 5.74) is 2.03. The summed E-state index contributed by atoms with van der Waals surface area (Å²) in [6.07, 6.45) is 0.0798. The fraction of sp³-hybridized carbons (Fsp3) is 0.300. The Labute approximate surface area is 168 Å². The van der Waals surface area contributed by atoms with Crippen LogP contribution < -0.4 is 19.7 Å². The lowest BCUT2D eigenvalue weighted by molar-refractivity contribution is -0.123. The van der Waals surface area contributed by atoms with Crippen molar-refractivity contribution in [2.45, 2.75) is 37.7 Å². The van der Waals surface area contributed by atoms with Gasteiger partial charge in [-0.25, -0.2) is 8.42 Å². The zero-order valence-corrected chi connectivity index (χ0v) is 16.9. The predicted octanol–water partition coefficient (Wildman–Crippen LogP) is 2.64. The number of hydrogen-bond acceptors (Lipinski definition) is 5. The molecule has 0 spiro atoms. The Balaban J connectivity index is 1.79. The van der Waals surface area contributed by atoms with Gasteiger partial charge >= 0.3 is 0 Å². The first-order chi connectivity index (χ1) is 13.8. The van der Waals surface area contributed by atoms with E-state index >= 15 is 0 Å². The van der Waals surface area contributed by atoms with Gasteiger partial charge in [0.15, 0.2) is 0 Å². The van der Waals surface area contributed by atoms with Crippen molar-refractivity contribution in [2.24, 2.45) is 0 Å². The Morgan fingerprint density at radius 3 is 2.52 bits per heavy atom. The number of rotatable bonds is 3. The van der Waals surface area contributed by atoms with Crippen LogP contribution in [0.15, 0.2) is 41.3 Å². The molecule has 0 aromatic heterocycles. The zero-order valence-electron chi connectivity index (χ0n) is 16.1. The largest absolute Gasteiger partial charge is 0.486 e. The van der Waals surface area contributed by atoms with Gasteiger partial charge in [-0.15, -0.1) is 0 Å². The summed E-state index contributed by atoms with van der Waals surface area (Å²) in [5, 5.41) is 5.19. The molecule has 0 bridgehead atoms. The molecular formula is C20H21N3O5S. The van der Waals surface area contributed by atoms with E-state index in [-0.39, 0.29) is 29.7 Å². The van der Waals surface area contributed by atoms with E-state index in [0.29, 0.717) is 23.5 Å². The molecule has 2 aromatic rings. The third-order valence-corrected chi connectivity index (χ3v) is 6.73. The highest BCUT2D eigenvalue weighted by molar-refractivity contribution is 7.92. The van der Waals surface area contributed by atoms with E-state index in [1.165, 1.54) is 22.5 Å². The van der Waals surface area contributed by atoms with E-state index in [4.69, 9.17) is 4.74 Å². The minimum absolute atomic E-state index is 0.0249. The van der Waals surface area contributed by atoms with Crippen LogP contribution in [0.1, 0.15) is 25.3 Å². The van der Waals surface area contributed by atoms with Crippen molar-refractivity contribution in [3.8, 4) is 5.75 Å². The molecule has 152 valence electrons. The number of carbonyl (C=O) groups excluding carboxylic acids is 2. The number of amides is 2. The smallest absolute Gasteiger partial charge is 0.264 e. The van der Waals surface area contributed by atoms with Gasteiger partial charge in [-0.2, -0.15) is 0 Å². The lowest BCUT2D eigenvalue weighted by Gasteiger charge is -2.35. The van der Waals surface area contributed by atoms with E-state index in [9.17, 15) is 18.0 Å². The van der Waals surface area contributed by atoms with Gasteiger partial charge in [0.25, 0.3) is 10.0 Å².